The van der Waals surface area contributed by atoms with Crippen molar-refractivity contribution >= 4 is 0 Å². The molecular weight excluding hydrogens is 264 g/mol. The Bertz CT molecular complexity index is 454. The Kier molecular flexibility index (Phi) is 5.43. The van der Waals surface area contributed by atoms with E-state index < -0.39 is 0 Å². The molecular formula is C18H26O3. The summed E-state index contributed by atoms with van der Waals surface area (Å²) >= 11 is 0. The zero-order valence-corrected chi connectivity index (χ0v) is 13.2. The van der Waals surface area contributed by atoms with Gasteiger partial charge in [0.25, 0.3) is 0 Å². The Labute approximate surface area is 127 Å². The van der Waals surface area contributed by atoms with Gasteiger partial charge in [0.15, 0.2) is 0 Å². The van der Waals surface area contributed by atoms with Crippen molar-refractivity contribution in [2.24, 2.45) is 17.8 Å². The minimum Gasteiger partial charge on any atom is -0.497 e. The minimum atomic E-state index is -0.297. The molecule has 3 heteroatoms. The summed E-state index contributed by atoms with van der Waals surface area (Å²) in [6.07, 6.45) is 2.44. The van der Waals surface area contributed by atoms with Crippen molar-refractivity contribution in [3.05, 3.63) is 42.5 Å². The molecule has 0 aromatic heterocycles. The summed E-state index contributed by atoms with van der Waals surface area (Å²) in [6, 6.07) is 7.90. The predicted molar refractivity (Wildman–Crippen MR) is 84.2 cm³/mol. The topological polar surface area (TPSA) is 38.7 Å². The van der Waals surface area contributed by atoms with Crippen LogP contribution in [0.15, 0.2) is 36.9 Å². The van der Waals surface area contributed by atoms with Gasteiger partial charge < -0.3 is 14.6 Å². The predicted octanol–water partition coefficient (Wildman–Crippen LogP) is 3.42. The van der Waals surface area contributed by atoms with Crippen LogP contribution in [0.25, 0.3) is 0 Å². The second kappa shape index (κ2) is 7.10. The number of hydrogen-bond acceptors (Lipinski definition) is 3. The van der Waals surface area contributed by atoms with Gasteiger partial charge in [0.05, 0.1) is 25.9 Å². The van der Waals surface area contributed by atoms with E-state index in [-0.39, 0.29) is 18.1 Å². The standard InChI is InChI=1S/C18H26O3/c1-5-12(2)18-13(3)17(10-16(18)19)21-11-14-6-8-15(20-4)9-7-14/h5-9,12-13,16-19H,1,10-11H2,2-4H3/t12-,13-,16-,17+,18+/m1/s1. The number of ether oxygens (including phenoxy) is 2. The van der Waals surface area contributed by atoms with E-state index in [2.05, 4.69) is 20.4 Å². The molecule has 1 aliphatic carbocycles. The van der Waals surface area contributed by atoms with E-state index in [0.717, 1.165) is 11.3 Å². The van der Waals surface area contributed by atoms with Gasteiger partial charge in [-0.1, -0.05) is 32.1 Å². The Morgan fingerprint density at radius 3 is 2.62 bits per heavy atom. The fourth-order valence-corrected chi connectivity index (χ4v) is 3.34. The first-order valence-corrected chi connectivity index (χ1v) is 7.62. The summed E-state index contributed by atoms with van der Waals surface area (Å²) in [5.74, 6) is 1.74. The number of hydrogen-bond donors (Lipinski definition) is 1. The van der Waals surface area contributed by atoms with Gasteiger partial charge in [-0.25, -0.2) is 0 Å². The summed E-state index contributed by atoms with van der Waals surface area (Å²) in [5, 5.41) is 10.3. The second-order valence-corrected chi connectivity index (χ2v) is 6.03. The van der Waals surface area contributed by atoms with Gasteiger partial charge in [-0.2, -0.15) is 0 Å². The normalized spacial score (nSPS) is 30.1. The summed E-state index contributed by atoms with van der Waals surface area (Å²) in [6.45, 7) is 8.70. The molecule has 0 spiro atoms. The molecule has 1 saturated carbocycles. The molecule has 3 nitrogen and oxygen atoms in total. The van der Waals surface area contributed by atoms with Crippen LogP contribution in [0.1, 0.15) is 25.8 Å². The number of aliphatic hydroxyl groups excluding tert-OH is 1. The molecule has 2 rings (SSSR count). The average molecular weight is 290 g/mol. The van der Waals surface area contributed by atoms with Crippen LogP contribution in [-0.2, 0) is 11.3 Å². The van der Waals surface area contributed by atoms with Crippen LogP contribution < -0.4 is 4.74 Å². The average Bonchev–Trinajstić information content (AvgIpc) is 2.79. The third-order valence-corrected chi connectivity index (χ3v) is 4.71. The molecule has 5 atom stereocenters. The molecule has 0 radical (unpaired) electrons. The van der Waals surface area contributed by atoms with Crippen LogP contribution in [-0.4, -0.2) is 24.4 Å². The van der Waals surface area contributed by atoms with E-state index in [1.165, 1.54) is 0 Å². The molecule has 0 unspecified atom stereocenters. The lowest BCUT2D eigenvalue weighted by Crippen LogP contribution is -2.25. The van der Waals surface area contributed by atoms with Gasteiger partial charge in [-0.3, -0.25) is 0 Å². The quantitative estimate of drug-likeness (QED) is 0.816. The van der Waals surface area contributed by atoms with Crippen LogP contribution in [0.3, 0.4) is 0 Å². The lowest BCUT2D eigenvalue weighted by Gasteiger charge is -2.25. The number of benzene rings is 1. The van der Waals surface area contributed by atoms with Crippen LogP contribution in [0.2, 0.25) is 0 Å². The van der Waals surface area contributed by atoms with Crippen molar-refractivity contribution in [1.82, 2.24) is 0 Å². The third kappa shape index (κ3) is 3.66. The minimum absolute atomic E-state index is 0.106. The fourth-order valence-electron chi connectivity index (χ4n) is 3.34. The summed E-state index contributed by atoms with van der Waals surface area (Å²) in [4.78, 5) is 0. The van der Waals surface area contributed by atoms with E-state index in [0.29, 0.717) is 24.9 Å². The fraction of sp³-hybridized carbons (Fsp3) is 0.556. The maximum atomic E-state index is 10.3. The molecule has 1 N–H and O–H groups in total. The first-order valence-electron chi connectivity index (χ1n) is 7.62. The van der Waals surface area contributed by atoms with Crippen molar-refractivity contribution in [1.29, 1.82) is 0 Å². The smallest absolute Gasteiger partial charge is 0.118 e. The van der Waals surface area contributed by atoms with Gasteiger partial charge in [-0.05, 0) is 35.4 Å². The van der Waals surface area contributed by atoms with Crippen molar-refractivity contribution in [3.63, 3.8) is 0 Å². The van der Waals surface area contributed by atoms with Crippen molar-refractivity contribution in [3.8, 4) is 5.75 Å². The first kappa shape index (κ1) is 16.1. The SMILES string of the molecule is C=C[C@@H](C)[C@H]1[C@H](C)[C@@H](OCc2ccc(OC)cc2)C[C@H]1O. The molecule has 1 fully saturated rings. The highest BCUT2D eigenvalue weighted by Gasteiger charge is 2.42. The summed E-state index contributed by atoms with van der Waals surface area (Å²) in [5.41, 5.74) is 1.12. The molecule has 0 amide bonds. The van der Waals surface area contributed by atoms with Crippen molar-refractivity contribution in [2.45, 2.75) is 39.1 Å². The molecule has 1 aliphatic rings. The van der Waals surface area contributed by atoms with Gasteiger partial charge in [0, 0.05) is 6.42 Å². The van der Waals surface area contributed by atoms with Crippen molar-refractivity contribution in [2.75, 3.05) is 7.11 Å². The number of allylic oxidation sites excluding steroid dienone is 1. The number of rotatable bonds is 6. The molecule has 0 heterocycles. The van der Waals surface area contributed by atoms with E-state index >= 15 is 0 Å². The van der Waals surface area contributed by atoms with E-state index in [1.54, 1.807) is 7.11 Å². The van der Waals surface area contributed by atoms with Crippen LogP contribution >= 0.6 is 0 Å². The number of aliphatic hydroxyl groups is 1. The second-order valence-electron chi connectivity index (χ2n) is 6.03. The highest BCUT2D eigenvalue weighted by molar-refractivity contribution is 5.26. The number of methoxy groups -OCH3 is 1. The molecule has 0 bridgehead atoms. The molecule has 1 aromatic rings. The summed E-state index contributed by atoms with van der Waals surface area (Å²) in [7, 11) is 1.66. The van der Waals surface area contributed by atoms with Gasteiger partial charge in [0.2, 0.25) is 0 Å². The third-order valence-electron chi connectivity index (χ3n) is 4.71. The Morgan fingerprint density at radius 1 is 1.38 bits per heavy atom. The van der Waals surface area contributed by atoms with Crippen molar-refractivity contribution < 1.29 is 14.6 Å². The Morgan fingerprint density at radius 2 is 2.05 bits per heavy atom. The zero-order valence-electron chi connectivity index (χ0n) is 13.2. The van der Waals surface area contributed by atoms with Crippen LogP contribution in [0.4, 0.5) is 0 Å². The zero-order chi connectivity index (χ0) is 15.4. The van der Waals surface area contributed by atoms with E-state index in [1.807, 2.05) is 30.3 Å². The highest BCUT2D eigenvalue weighted by atomic mass is 16.5. The van der Waals surface area contributed by atoms with Gasteiger partial charge >= 0.3 is 0 Å². The monoisotopic (exact) mass is 290 g/mol. The highest BCUT2D eigenvalue weighted by Crippen LogP contribution is 2.39. The maximum Gasteiger partial charge on any atom is 0.118 e. The maximum absolute atomic E-state index is 10.3. The Balaban J connectivity index is 1.92. The van der Waals surface area contributed by atoms with Crippen LogP contribution in [0.5, 0.6) is 5.75 Å². The van der Waals surface area contributed by atoms with E-state index in [9.17, 15) is 5.11 Å². The van der Waals surface area contributed by atoms with Gasteiger partial charge in [0.1, 0.15) is 5.75 Å². The lowest BCUT2D eigenvalue weighted by molar-refractivity contribution is 0.0113. The molecule has 21 heavy (non-hydrogen) atoms. The van der Waals surface area contributed by atoms with Gasteiger partial charge in [-0.15, -0.1) is 6.58 Å². The largest absolute Gasteiger partial charge is 0.497 e. The summed E-state index contributed by atoms with van der Waals surface area (Å²) < 4.78 is 11.2. The molecule has 1 aromatic carbocycles. The van der Waals surface area contributed by atoms with Crippen LogP contribution in [0, 0.1) is 17.8 Å². The molecule has 0 saturated heterocycles. The molecule has 116 valence electrons. The van der Waals surface area contributed by atoms with E-state index in [4.69, 9.17) is 9.47 Å². The lowest BCUT2D eigenvalue weighted by atomic mass is 9.84. The molecule has 0 aliphatic heterocycles. The Hall–Kier alpha value is -1.32. The first-order chi connectivity index (χ1) is 10.1.